The fraction of sp³-hybridized carbons (Fsp3) is 0.882. The summed E-state index contributed by atoms with van der Waals surface area (Å²) < 4.78 is 56.7. The summed E-state index contributed by atoms with van der Waals surface area (Å²) in [5.74, 6) is -2.15. The number of methoxy groups -OCH3 is 1. The maximum absolute atomic E-state index is 12.8. The number of hydrogen-bond acceptors (Lipinski definition) is 12. The molecule has 5 unspecified atom stereocenters. The lowest BCUT2D eigenvalue weighted by Crippen LogP contribution is -2.66. The monoisotopic (exact) mass is 704 g/mol. The normalized spacial score (nSPS) is 48.3. The van der Waals surface area contributed by atoms with E-state index in [0.717, 1.165) is 0 Å². The van der Waals surface area contributed by atoms with Crippen LogP contribution >= 0.6 is 0 Å². The molecular formula is C34H56O13S. The van der Waals surface area contributed by atoms with E-state index < -0.39 is 93.6 Å². The lowest BCUT2D eigenvalue weighted by atomic mass is 9.43. The van der Waals surface area contributed by atoms with Crippen molar-refractivity contribution >= 4 is 10.4 Å². The summed E-state index contributed by atoms with van der Waals surface area (Å²) >= 11 is 0. The van der Waals surface area contributed by atoms with Crippen molar-refractivity contribution in [3.63, 3.8) is 0 Å². The number of fused-ring (bicyclic) bond motifs is 5. The van der Waals surface area contributed by atoms with Crippen LogP contribution in [0.25, 0.3) is 0 Å². The zero-order valence-electron chi connectivity index (χ0n) is 28.8. The highest BCUT2D eigenvalue weighted by Gasteiger charge is 2.73. The summed E-state index contributed by atoms with van der Waals surface area (Å²) in [5, 5.41) is 66.4. The second kappa shape index (κ2) is 13.8. The van der Waals surface area contributed by atoms with E-state index >= 15 is 0 Å². The highest BCUT2D eigenvalue weighted by molar-refractivity contribution is 7.80. The molecule has 0 aromatic rings. The molecule has 3 saturated carbocycles. The molecule has 14 heteroatoms. The molecule has 0 radical (unpaired) electrons. The second-order valence-corrected chi connectivity index (χ2v) is 16.8. The Morgan fingerprint density at radius 3 is 2.35 bits per heavy atom. The maximum Gasteiger partial charge on any atom is 0.397 e. The largest absolute Gasteiger partial charge is 0.397 e. The Kier molecular flexibility index (Phi) is 11.0. The Balaban J connectivity index is 1.47. The van der Waals surface area contributed by atoms with Gasteiger partial charge in [0.2, 0.25) is 0 Å². The second-order valence-electron chi connectivity index (χ2n) is 15.8. The molecule has 0 aromatic carbocycles. The van der Waals surface area contributed by atoms with Gasteiger partial charge >= 0.3 is 10.4 Å². The summed E-state index contributed by atoms with van der Waals surface area (Å²) in [4.78, 5) is 0. The van der Waals surface area contributed by atoms with Gasteiger partial charge in [0.25, 0.3) is 0 Å². The van der Waals surface area contributed by atoms with Crippen molar-refractivity contribution in [2.45, 2.75) is 121 Å². The van der Waals surface area contributed by atoms with Crippen molar-refractivity contribution < 1.29 is 62.0 Å². The van der Waals surface area contributed by atoms with Gasteiger partial charge in [-0.05, 0) is 71.7 Å². The number of aliphatic hydroxyl groups is 6. The molecule has 5 rings (SSSR count). The van der Waals surface area contributed by atoms with Crippen molar-refractivity contribution in [2.24, 2.45) is 46.3 Å². The number of hydrogen-bond donors (Lipinski definition) is 7. The van der Waals surface area contributed by atoms with Crippen molar-refractivity contribution in [3.05, 3.63) is 23.8 Å². The predicted octanol–water partition coefficient (Wildman–Crippen LogP) is 1.35. The van der Waals surface area contributed by atoms with Gasteiger partial charge in [-0.15, -0.1) is 0 Å². The van der Waals surface area contributed by atoms with Gasteiger partial charge in [0, 0.05) is 26.1 Å². The minimum absolute atomic E-state index is 0.0142. The highest BCUT2D eigenvalue weighted by Crippen LogP contribution is 2.69. The maximum atomic E-state index is 12.8. The number of rotatable bonds is 10. The average Bonchev–Trinajstić information content (AvgIpc) is 3.22. The molecule has 0 bridgehead atoms. The van der Waals surface area contributed by atoms with Crippen LogP contribution in [0.1, 0.15) is 66.7 Å². The van der Waals surface area contributed by atoms with Gasteiger partial charge in [0.1, 0.15) is 24.4 Å². The number of aliphatic hydroxyl groups excluding tert-OH is 5. The number of allylic oxidation sites excluding steroid dienone is 2. The molecular weight excluding hydrogens is 648 g/mol. The third-order valence-corrected chi connectivity index (χ3v) is 13.4. The van der Waals surface area contributed by atoms with Crippen LogP contribution < -0.4 is 0 Å². The minimum atomic E-state index is -5.02. The summed E-state index contributed by atoms with van der Waals surface area (Å²) in [6.07, 6.45) is -0.934. The Morgan fingerprint density at radius 2 is 1.73 bits per heavy atom. The third kappa shape index (κ3) is 6.58. The molecule has 0 aromatic heterocycles. The molecule has 4 fully saturated rings. The molecule has 276 valence electrons. The van der Waals surface area contributed by atoms with Gasteiger partial charge in [-0.3, -0.25) is 4.55 Å². The van der Waals surface area contributed by atoms with E-state index in [9.17, 15) is 43.6 Å². The van der Waals surface area contributed by atoms with Crippen LogP contribution in [-0.2, 0) is 28.8 Å². The van der Waals surface area contributed by atoms with E-state index in [1.165, 1.54) is 7.11 Å². The predicted molar refractivity (Wildman–Crippen MR) is 172 cm³/mol. The van der Waals surface area contributed by atoms with Gasteiger partial charge in [-0.2, -0.15) is 8.42 Å². The lowest BCUT2D eigenvalue weighted by Gasteiger charge is -2.64. The first-order valence-electron chi connectivity index (χ1n) is 17.2. The zero-order chi connectivity index (χ0) is 35.6. The Bertz CT molecular complexity index is 1320. The topological polar surface area (TPSA) is 213 Å². The Morgan fingerprint density at radius 1 is 1.04 bits per heavy atom. The molecule has 1 aliphatic heterocycles. The van der Waals surface area contributed by atoms with Crippen molar-refractivity contribution in [1.29, 1.82) is 0 Å². The summed E-state index contributed by atoms with van der Waals surface area (Å²) in [6, 6.07) is 0. The number of ether oxygens (including phenoxy) is 3. The molecule has 17 atom stereocenters. The molecule has 7 N–H and O–H groups in total. The minimum Gasteiger partial charge on any atom is -0.396 e. The molecule has 1 heterocycles. The van der Waals surface area contributed by atoms with Gasteiger partial charge in [0.05, 0.1) is 30.5 Å². The Hall–Kier alpha value is -1.01. The van der Waals surface area contributed by atoms with Crippen LogP contribution in [0.2, 0.25) is 0 Å². The molecule has 5 aliphatic rings. The first kappa shape index (κ1) is 38.2. The van der Waals surface area contributed by atoms with E-state index in [-0.39, 0.29) is 37.4 Å². The summed E-state index contributed by atoms with van der Waals surface area (Å²) in [7, 11) is -3.63. The SMILES string of the molecule is CO[C@H]1[C@H](OC2C=C3C(O)C[C@@]4(O)[C@@H]5C(OS(=O)(=O)O)C(O)[C@H]([C@H](C)C=C[C@H](C)C(C)CO)[C@@]5(C)CC[C@@H]4[C@@]3(C)CC2)OC[C@@H](O)[C@@H]1O. The Labute approximate surface area is 283 Å². The van der Waals surface area contributed by atoms with E-state index in [0.29, 0.717) is 31.3 Å². The molecule has 0 spiro atoms. The van der Waals surface area contributed by atoms with E-state index in [4.69, 9.17) is 18.4 Å². The van der Waals surface area contributed by atoms with E-state index in [1.807, 2.05) is 52.8 Å². The van der Waals surface area contributed by atoms with Crippen LogP contribution in [0.15, 0.2) is 23.8 Å². The van der Waals surface area contributed by atoms with E-state index in [2.05, 4.69) is 0 Å². The van der Waals surface area contributed by atoms with Crippen LogP contribution in [-0.4, -0.2) is 119 Å². The molecule has 48 heavy (non-hydrogen) atoms. The van der Waals surface area contributed by atoms with Crippen LogP contribution in [0.5, 0.6) is 0 Å². The van der Waals surface area contributed by atoms with Gasteiger partial charge in [-0.25, -0.2) is 4.18 Å². The highest BCUT2D eigenvalue weighted by atomic mass is 32.3. The molecule has 0 amide bonds. The fourth-order valence-corrected chi connectivity index (χ4v) is 10.9. The zero-order valence-corrected chi connectivity index (χ0v) is 29.6. The van der Waals surface area contributed by atoms with Crippen LogP contribution in [0.3, 0.4) is 0 Å². The van der Waals surface area contributed by atoms with Crippen LogP contribution in [0.4, 0.5) is 0 Å². The van der Waals surface area contributed by atoms with Crippen molar-refractivity contribution in [1.82, 2.24) is 0 Å². The lowest BCUT2D eigenvalue weighted by molar-refractivity contribution is -0.285. The smallest absolute Gasteiger partial charge is 0.396 e. The van der Waals surface area contributed by atoms with Gasteiger partial charge in [-0.1, -0.05) is 52.8 Å². The standard InChI is InChI=1S/C34H56O13S/c1-17(19(3)15-35)7-8-18(2)25-27(39)28(47-48(41,42)43)30-33(25,5)12-10-24-32(4)11-9-20(13-21(32)22(36)14-34(24,30)40)46-31-29(44-6)26(38)23(37)16-45-31/h7-8,13,17-20,22-31,35-40H,9-12,14-16H2,1-6H3,(H,41,42,43)/t17-,18+,19?,20?,22?,23+,24+,25-,26-,27?,28?,29+,30+,31-,32-,33+,34-/m0/s1. The average molecular weight is 705 g/mol. The fourth-order valence-electron chi connectivity index (χ4n) is 10.4. The summed E-state index contributed by atoms with van der Waals surface area (Å²) in [6.45, 7) is 9.66. The van der Waals surface area contributed by atoms with Crippen LogP contribution in [0, 0.1) is 46.3 Å². The van der Waals surface area contributed by atoms with Crippen molar-refractivity contribution in [3.8, 4) is 0 Å². The first-order valence-corrected chi connectivity index (χ1v) is 18.6. The third-order valence-electron chi connectivity index (χ3n) is 13.0. The summed E-state index contributed by atoms with van der Waals surface area (Å²) in [5.41, 5.74) is -2.52. The van der Waals surface area contributed by atoms with Gasteiger partial charge in [0.15, 0.2) is 6.29 Å². The quantitative estimate of drug-likeness (QED) is 0.127. The first-order chi connectivity index (χ1) is 22.3. The van der Waals surface area contributed by atoms with Crippen molar-refractivity contribution in [2.75, 3.05) is 20.3 Å². The molecule has 13 nitrogen and oxygen atoms in total. The molecule has 1 saturated heterocycles. The molecule has 4 aliphatic carbocycles. The van der Waals surface area contributed by atoms with E-state index in [1.54, 1.807) is 0 Å². The van der Waals surface area contributed by atoms with Gasteiger partial charge < -0.3 is 44.8 Å².